The molecule has 1 atom stereocenters. The van der Waals surface area contributed by atoms with Crippen molar-refractivity contribution in [3.8, 4) is 0 Å². The Morgan fingerprint density at radius 1 is 1.57 bits per heavy atom. The van der Waals surface area contributed by atoms with Gasteiger partial charge >= 0.3 is 0 Å². The Morgan fingerprint density at radius 3 is 2.79 bits per heavy atom. The Morgan fingerprint density at radius 2 is 2.29 bits per heavy atom. The van der Waals surface area contributed by atoms with Crippen molar-refractivity contribution in [1.82, 2.24) is 15.2 Å². The van der Waals surface area contributed by atoms with Crippen LogP contribution < -0.4 is 5.32 Å². The summed E-state index contributed by atoms with van der Waals surface area (Å²) < 4.78 is 0. The van der Waals surface area contributed by atoms with Crippen LogP contribution in [0.15, 0.2) is 6.20 Å². The summed E-state index contributed by atoms with van der Waals surface area (Å²) in [5.74, 6) is 0. The van der Waals surface area contributed by atoms with E-state index >= 15 is 0 Å². The molecule has 0 aliphatic heterocycles. The molecule has 0 amide bonds. The maximum Gasteiger partial charge on any atom is 0.0897 e. The lowest BCUT2D eigenvalue weighted by atomic mass is 10.3. The Bertz CT molecular complexity index is 270. The first kappa shape index (κ1) is 11.6. The van der Waals surface area contributed by atoms with Crippen LogP contribution in [0.4, 0.5) is 0 Å². The fourth-order valence-electron chi connectivity index (χ4n) is 1.07. The molecule has 0 aliphatic rings. The number of aryl methyl sites for hydroxylation is 1. The van der Waals surface area contributed by atoms with Crippen molar-refractivity contribution in [3.05, 3.63) is 16.1 Å². The number of rotatable bonds is 5. The average molecular weight is 213 g/mol. The Balaban J connectivity index is 2.22. The molecule has 4 heteroatoms. The maximum absolute atomic E-state index is 4.22. The van der Waals surface area contributed by atoms with Crippen LogP contribution in [-0.2, 0) is 6.54 Å². The molecule has 0 bridgehead atoms. The van der Waals surface area contributed by atoms with Gasteiger partial charge in [-0.3, -0.25) is 0 Å². The van der Waals surface area contributed by atoms with Gasteiger partial charge in [0.05, 0.1) is 5.01 Å². The first-order valence-electron chi connectivity index (χ1n) is 4.88. The van der Waals surface area contributed by atoms with Gasteiger partial charge in [-0.25, -0.2) is 4.98 Å². The van der Waals surface area contributed by atoms with Crippen LogP contribution in [-0.4, -0.2) is 36.6 Å². The van der Waals surface area contributed by atoms with E-state index in [9.17, 15) is 0 Å². The fourth-order valence-corrected chi connectivity index (χ4v) is 1.84. The average Bonchev–Trinajstić information content (AvgIpc) is 2.51. The summed E-state index contributed by atoms with van der Waals surface area (Å²) in [7, 11) is 4.20. The summed E-state index contributed by atoms with van der Waals surface area (Å²) in [6, 6.07) is 0.573. The lowest BCUT2D eigenvalue weighted by Crippen LogP contribution is -2.34. The van der Waals surface area contributed by atoms with Crippen molar-refractivity contribution >= 4 is 11.3 Å². The van der Waals surface area contributed by atoms with E-state index in [0.717, 1.165) is 18.1 Å². The zero-order chi connectivity index (χ0) is 10.6. The molecule has 0 saturated heterocycles. The predicted molar refractivity (Wildman–Crippen MR) is 61.7 cm³/mol. The van der Waals surface area contributed by atoms with Gasteiger partial charge in [-0.05, 0) is 27.9 Å². The molecule has 0 spiro atoms. The SMILES string of the molecule is Cc1ncc(CNCC(C)N(C)C)s1. The van der Waals surface area contributed by atoms with Crippen LogP contribution in [0, 0.1) is 6.92 Å². The molecule has 0 aromatic carbocycles. The van der Waals surface area contributed by atoms with Crippen LogP contribution in [0.1, 0.15) is 16.8 Å². The minimum atomic E-state index is 0.573. The third kappa shape index (κ3) is 3.74. The van der Waals surface area contributed by atoms with Crippen LogP contribution in [0.3, 0.4) is 0 Å². The van der Waals surface area contributed by atoms with E-state index in [-0.39, 0.29) is 0 Å². The monoisotopic (exact) mass is 213 g/mol. The zero-order valence-corrected chi connectivity index (χ0v) is 10.2. The highest BCUT2D eigenvalue weighted by molar-refractivity contribution is 7.11. The fraction of sp³-hybridized carbons (Fsp3) is 0.700. The van der Waals surface area contributed by atoms with Gasteiger partial charge in [-0.15, -0.1) is 11.3 Å². The molecule has 1 N–H and O–H groups in total. The van der Waals surface area contributed by atoms with E-state index in [2.05, 4.69) is 36.2 Å². The van der Waals surface area contributed by atoms with E-state index < -0.39 is 0 Å². The summed E-state index contributed by atoms with van der Waals surface area (Å²) in [5, 5.41) is 4.57. The molecule has 1 aromatic heterocycles. The minimum absolute atomic E-state index is 0.573. The third-order valence-electron chi connectivity index (χ3n) is 2.29. The van der Waals surface area contributed by atoms with E-state index in [4.69, 9.17) is 0 Å². The highest BCUT2D eigenvalue weighted by Gasteiger charge is 2.03. The predicted octanol–water partition coefficient (Wildman–Crippen LogP) is 1.49. The number of hydrogen-bond donors (Lipinski definition) is 1. The summed E-state index contributed by atoms with van der Waals surface area (Å²) in [4.78, 5) is 7.74. The lowest BCUT2D eigenvalue weighted by Gasteiger charge is -2.19. The van der Waals surface area contributed by atoms with Gasteiger partial charge in [-0.2, -0.15) is 0 Å². The van der Waals surface area contributed by atoms with Gasteiger partial charge in [0.15, 0.2) is 0 Å². The van der Waals surface area contributed by atoms with Crippen molar-refractivity contribution in [2.75, 3.05) is 20.6 Å². The molecule has 80 valence electrons. The minimum Gasteiger partial charge on any atom is -0.310 e. The standard InChI is InChI=1S/C10H19N3S/c1-8(13(3)4)5-11-6-10-7-12-9(2)14-10/h7-8,11H,5-6H2,1-4H3. The van der Waals surface area contributed by atoms with E-state index in [0.29, 0.717) is 6.04 Å². The molecular formula is C10H19N3S. The lowest BCUT2D eigenvalue weighted by molar-refractivity contribution is 0.303. The largest absolute Gasteiger partial charge is 0.310 e. The Labute approximate surface area is 90.2 Å². The number of nitrogens with zero attached hydrogens (tertiary/aromatic N) is 2. The van der Waals surface area contributed by atoms with Gasteiger partial charge in [0.1, 0.15) is 0 Å². The molecule has 1 heterocycles. The van der Waals surface area contributed by atoms with Gasteiger partial charge in [0, 0.05) is 30.2 Å². The van der Waals surface area contributed by atoms with Crippen molar-refractivity contribution < 1.29 is 0 Å². The number of hydrogen-bond acceptors (Lipinski definition) is 4. The van der Waals surface area contributed by atoms with Crippen molar-refractivity contribution in [2.24, 2.45) is 0 Å². The van der Waals surface area contributed by atoms with Crippen molar-refractivity contribution in [3.63, 3.8) is 0 Å². The first-order valence-corrected chi connectivity index (χ1v) is 5.69. The van der Waals surface area contributed by atoms with Crippen molar-refractivity contribution in [1.29, 1.82) is 0 Å². The zero-order valence-electron chi connectivity index (χ0n) is 9.37. The van der Waals surface area contributed by atoms with E-state index in [1.807, 2.05) is 13.1 Å². The molecule has 0 aliphatic carbocycles. The second-order valence-electron chi connectivity index (χ2n) is 3.79. The van der Waals surface area contributed by atoms with Crippen LogP contribution in [0.5, 0.6) is 0 Å². The molecule has 0 saturated carbocycles. The van der Waals surface area contributed by atoms with Crippen LogP contribution >= 0.6 is 11.3 Å². The summed E-state index contributed by atoms with van der Waals surface area (Å²) in [5.41, 5.74) is 0. The smallest absolute Gasteiger partial charge is 0.0897 e. The number of nitrogens with one attached hydrogen (secondary N) is 1. The van der Waals surface area contributed by atoms with E-state index in [1.165, 1.54) is 4.88 Å². The summed E-state index contributed by atoms with van der Waals surface area (Å²) in [6.45, 7) is 6.20. The quantitative estimate of drug-likeness (QED) is 0.803. The normalized spacial score (nSPS) is 13.5. The highest BCUT2D eigenvalue weighted by atomic mass is 32.1. The van der Waals surface area contributed by atoms with Crippen LogP contribution in [0.2, 0.25) is 0 Å². The molecule has 1 rings (SSSR count). The second-order valence-corrected chi connectivity index (χ2v) is 5.11. The summed E-state index contributed by atoms with van der Waals surface area (Å²) in [6.07, 6.45) is 1.95. The van der Waals surface area contributed by atoms with Gasteiger partial charge in [-0.1, -0.05) is 0 Å². The van der Waals surface area contributed by atoms with Gasteiger partial charge in [0.25, 0.3) is 0 Å². The van der Waals surface area contributed by atoms with Gasteiger partial charge < -0.3 is 10.2 Å². The topological polar surface area (TPSA) is 28.2 Å². The number of likely N-dealkylation sites (N-methyl/N-ethyl adjacent to an activating group) is 1. The number of aromatic nitrogens is 1. The van der Waals surface area contributed by atoms with Gasteiger partial charge in [0.2, 0.25) is 0 Å². The van der Waals surface area contributed by atoms with Crippen molar-refractivity contribution in [2.45, 2.75) is 26.4 Å². The maximum atomic E-state index is 4.22. The third-order valence-corrected chi connectivity index (χ3v) is 3.20. The molecule has 3 nitrogen and oxygen atoms in total. The highest BCUT2D eigenvalue weighted by Crippen LogP contribution is 2.10. The molecule has 1 aromatic rings. The number of thiazole rings is 1. The Hall–Kier alpha value is -0.450. The van der Waals surface area contributed by atoms with E-state index in [1.54, 1.807) is 11.3 Å². The molecule has 14 heavy (non-hydrogen) atoms. The molecule has 1 unspecified atom stereocenters. The Kier molecular flexibility index (Phi) is 4.51. The van der Waals surface area contributed by atoms with Crippen LogP contribution in [0.25, 0.3) is 0 Å². The molecule has 0 radical (unpaired) electrons. The molecule has 0 fully saturated rings. The molecular weight excluding hydrogens is 194 g/mol. The second kappa shape index (κ2) is 5.44. The summed E-state index contributed by atoms with van der Waals surface area (Å²) >= 11 is 1.76. The first-order chi connectivity index (χ1) is 6.59.